The van der Waals surface area contributed by atoms with Crippen LogP contribution in [0.15, 0.2) is 53.3 Å². The molecule has 2 aromatic carbocycles. The van der Waals surface area contributed by atoms with Gasteiger partial charge in [-0.1, -0.05) is 12.1 Å². The number of amides is 1. The van der Waals surface area contributed by atoms with Gasteiger partial charge < -0.3 is 9.88 Å². The van der Waals surface area contributed by atoms with Gasteiger partial charge in [-0.25, -0.2) is 8.78 Å². The van der Waals surface area contributed by atoms with Crippen molar-refractivity contribution in [1.82, 2.24) is 9.88 Å². The first-order valence-electron chi connectivity index (χ1n) is 9.85. The van der Waals surface area contributed by atoms with Gasteiger partial charge in [-0.05, 0) is 73.0 Å². The van der Waals surface area contributed by atoms with Gasteiger partial charge in [0.15, 0.2) is 0 Å². The average molecular weight is 396 g/mol. The predicted octanol–water partition coefficient (Wildman–Crippen LogP) is 3.97. The molecule has 0 radical (unpaired) electrons. The van der Waals surface area contributed by atoms with Crippen molar-refractivity contribution in [3.05, 3.63) is 81.6 Å². The zero-order chi connectivity index (χ0) is 20.4. The number of likely N-dealkylation sites (tertiary alicyclic amines) is 1. The van der Waals surface area contributed by atoms with E-state index in [1.54, 1.807) is 24.3 Å². The van der Waals surface area contributed by atoms with Crippen LogP contribution in [0, 0.1) is 11.6 Å². The summed E-state index contributed by atoms with van der Waals surface area (Å²) in [6.07, 6.45) is 3.15. The summed E-state index contributed by atoms with van der Waals surface area (Å²) < 4.78 is 26.4. The number of carbonyl (C=O) groups excluding carboxylic acids is 1. The lowest BCUT2D eigenvalue weighted by molar-refractivity contribution is -0.131. The maximum absolute atomic E-state index is 13.3. The molecular weight excluding hydrogens is 374 g/mol. The van der Waals surface area contributed by atoms with E-state index in [0.29, 0.717) is 30.5 Å². The van der Waals surface area contributed by atoms with Gasteiger partial charge in [-0.15, -0.1) is 0 Å². The van der Waals surface area contributed by atoms with Crippen LogP contribution in [-0.2, 0) is 17.6 Å². The Morgan fingerprint density at radius 1 is 1.07 bits per heavy atom. The molecule has 1 N–H and O–H groups in total. The van der Waals surface area contributed by atoms with Gasteiger partial charge in [0.05, 0.1) is 5.52 Å². The van der Waals surface area contributed by atoms with E-state index in [4.69, 9.17) is 0 Å². The van der Waals surface area contributed by atoms with Crippen LogP contribution in [0.5, 0.6) is 0 Å². The van der Waals surface area contributed by atoms with E-state index >= 15 is 0 Å². The molecule has 1 atom stereocenters. The third-order valence-corrected chi connectivity index (χ3v) is 5.58. The molecule has 6 heteroatoms. The lowest BCUT2D eigenvalue weighted by Gasteiger charge is -2.25. The van der Waals surface area contributed by atoms with Gasteiger partial charge in [0, 0.05) is 24.6 Å². The van der Waals surface area contributed by atoms with Gasteiger partial charge in [-0.2, -0.15) is 0 Å². The number of nitrogens with one attached hydrogen (secondary N) is 1. The summed E-state index contributed by atoms with van der Waals surface area (Å²) >= 11 is 0. The van der Waals surface area contributed by atoms with Crippen LogP contribution in [0.2, 0.25) is 0 Å². The van der Waals surface area contributed by atoms with Crippen molar-refractivity contribution in [2.45, 2.75) is 38.1 Å². The fourth-order valence-corrected chi connectivity index (χ4v) is 4.06. The van der Waals surface area contributed by atoms with Crippen molar-refractivity contribution in [3.63, 3.8) is 0 Å². The highest BCUT2D eigenvalue weighted by atomic mass is 19.1. The lowest BCUT2D eigenvalue weighted by Crippen LogP contribution is -2.37. The monoisotopic (exact) mass is 396 g/mol. The Hall–Kier alpha value is -3.02. The number of halogens is 2. The first-order chi connectivity index (χ1) is 14.0. The normalized spacial score (nSPS) is 16.5. The van der Waals surface area contributed by atoms with Crippen LogP contribution < -0.4 is 5.56 Å². The minimum atomic E-state index is -0.405. The van der Waals surface area contributed by atoms with E-state index in [2.05, 4.69) is 4.98 Å². The summed E-state index contributed by atoms with van der Waals surface area (Å²) in [6, 6.07) is 12.5. The SMILES string of the molecule is O=C(CCc1cc2ccc(F)cc2[nH]c1=O)N1CCCC1Cc1ccc(F)cc1. The highest BCUT2D eigenvalue weighted by Gasteiger charge is 2.28. The van der Waals surface area contributed by atoms with Crippen LogP contribution in [0.4, 0.5) is 8.78 Å². The Balaban J connectivity index is 1.43. The summed E-state index contributed by atoms with van der Waals surface area (Å²) in [5.41, 5.74) is 1.69. The topological polar surface area (TPSA) is 53.2 Å². The van der Waals surface area contributed by atoms with E-state index < -0.39 is 5.82 Å². The zero-order valence-corrected chi connectivity index (χ0v) is 16.0. The molecule has 1 amide bonds. The molecule has 1 saturated heterocycles. The smallest absolute Gasteiger partial charge is 0.251 e. The summed E-state index contributed by atoms with van der Waals surface area (Å²) in [4.78, 5) is 29.6. The molecule has 1 aromatic heterocycles. The second-order valence-corrected chi connectivity index (χ2v) is 7.57. The Morgan fingerprint density at radius 3 is 2.62 bits per heavy atom. The molecule has 1 fully saturated rings. The fourth-order valence-electron chi connectivity index (χ4n) is 4.06. The highest BCUT2D eigenvalue weighted by Crippen LogP contribution is 2.23. The van der Waals surface area contributed by atoms with Gasteiger partial charge in [0.1, 0.15) is 11.6 Å². The maximum Gasteiger partial charge on any atom is 0.251 e. The van der Waals surface area contributed by atoms with Gasteiger partial charge >= 0.3 is 0 Å². The maximum atomic E-state index is 13.3. The lowest BCUT2D eigenvalue weighted by atomic mass is 10.0. The molecule has 2 heterocycles. The van der Waals surface area contributed by atoms with Crippen molar-refractivity contribution in [2.24, 2.45) is 0 Å². The van der Waals surface area contributed by atoms with Gasteiger partial charge in [0.25, 0.3) is 5.56 Å². The minimum Gasteiger partial charge on any atom is -0.339 e. The van der Waals surface area contributed by atoms with Crippen molar-refractivity contribution in [3.8, 4) is 0 Å². The Kier molecular flexibility index (Phi) is 5.43. The number of fused-ring (bicyclic) bond motifs is 1. The summed E-state index contributed by atoms with van der Waals surface area (Å²) in [7, 11) is 0. The molecule has 0 spiro atoms. The van der Waals surface area contributed by atoms with Crippen molar-refractivity contribution < 1.29 is 13.6 Å². The molecule has 150 valence electrons. The number of aromatic nitrogens is 1. The Labute approximate surface area is 167 Å². The van der Waals surface area contributed by atoms with E-state index in [1.807, 2.05) is 4.90 Å². The molecule has 1 aliphatic rings. The Morgan fingerprint density at radius 2 is 1.83 bits per heavy atom. The number of carbonyl (C=O) groups is 1. The van der Waals surface area contributed by atoms with Crippen molar-refractivity contribution in [1.29, 1.82) is 0 Å². The second-order valence-electron chi connectivity index (χ2n) is 7.57. The summed E-state index contributed by atoms with van der Waals surface area (Å²) in [6.45, 7) is 0.706. The third kappa shape index (κ3) is 4.36. The fraction of sp³-hybridized carbons (Fsp3) is 0.304. The number of aryl methyl sites for hydroxylation is 1. The second kappa shape index (κ2) is 8.15. The van der Waals surface area contributed by atoms with Crippen LogP contribution in [0.3, 0.4) is 0 Å². The number of aromatic amines is 1. The molecule has 1 aliphatic heterocycles. The number of hydrogen-bond donors (Lipinski definition) is 1. The van der Waals surface area contributed by atoms with E-state index in [0.717, 1.165) is 23.8 Å². The van der Waals surface area contributed by atoms with E-state index in [9.17, 15) is 18.4 Å². The van der Waals surface area contributed by atoms with Gasteiger partial charge in [-0.3, -0.25) is 9.59 Å². The number of nitrogens with zero attached hydrogens (tertiary/aromatic N) is 1. The number of rotatable bonds is 5. The quantitative estimate of drug-likeness (QED) is 0.710. The molecule has 0 aliphatic carbocycles. The molecule has 29 heavy (non-hydrogen) atoms. The molecule has 0 saturated carbocycles. The van der Waals surface area contributed by atoms with E-state index in [1.165, 1.54) is 24.3 Å². The number of benzene rings is 2. The third-order valence-electron chi connectivity index (χ3n) is 5.58. The molecule has 1 unspecified atom stereocenters. The summed E-state index contributed by atoms with van der Waals surface area (Å²) in [5, 5.41) is 0.740. The number of H-pyrrole nitrogens is 1. The largest absolute Gasteiger partial charge is 0.339 e. The molecule has 4 rings (SSSR count). The van der Waals surface area contributed by atoms with E-state index in [-0.39, 0.29) is 29.7 Å². The first-order valence-corrected chi connectivity index (χ1v) is 9.85. The average Bonchev–Trinajstić information content (AvgIpc) is 3.16. The van der Waals surface area contributed by atoms with Crippen LogP contribution >= 0.6 is 0 Å². The molecule has 4 nitrogen and oxygen atoms in total. The minimum absolute atomic E-state index is 0.0215. The number of pyridine rings is 1. The first kappa shape index (κ1) is 19.3. The predicted molar refractivity (Wildman–Crippen MR) is 108 cm³/mol. The number of hydrogen-bond acceptors (Lipinski definition) is 2. The van der Waals surface area contributed by atoms with Crippen molar-refractivity contribution in [2.75, 3.05) is 6.54 Å². The Bertz CT molecular complexity index is 1090. The van der Waals surface area contributed by atoms with Crippen LogP contribution in [0.25, 0.3) is 10.9 Å². The van der Waals surface area contributed by atoms with Crippen LogP contribution in [-0.4, -0.2) is 28.4 Å². The molecule has 0 bridgehead atoms. The molecular formula is C23H22F2N2O2. The standard InChI is InChI=1S/C23H22F2N2O2/c24-18-7-3-15(4-8-18)12-20-2-1-11-27(20)22(28)10-6-17-13-16-5-9-19(25)14-21(16)26-23(17)29/h3-5,7-9,13-14,20H,1-2,6,10-12H2,(H,26,29). The molecule has 3 aromatic rings. The summed E-state index contributed by atoms with van der Waals surface area (Å²) in [5.74, 6) is -0.651. The van der Waals surface area contributed by atoms with Crippen LogP contribution in [0.1, 0.15) is 30.4 Å². The zero-order valence-electron chi connectivity index (χ0n) is 16.0. The van der Waals surface area contributed by atoms with Gasteiger partial charge in [0.2, 0.25) is 5.91 Å². The van der Waals surface area contributed by atoms with Crippen molar-refractivity contribution >= 4 is 16.8 Å². The highest BCUT2D eigenvalue weighted by molar-refractivity contribution is 5.80.